The van der Waals surface area contributed by atoms with Gasteiger partial charge >= 0.3 is 0 Å². The molecule has 0 aromatic rings. The van der Waals surface area contributed by atoms with E-state index >= 15 is 0 Å². The van der Waals surface area contributed by atoms with Gasteiger partial charge in [0, 0.05) is 24.9 Å². The molecule has 86 valence electrons. The van der Waals surface area contributed by atoms with Crippen LogP contribution in [0.4, 0.5) is 0 Å². The largest absolute Gasteiger partial charge is 0.341 e. The zero-order chi connectivity index (χ0) is 10.9. The Labute approximate surface area is 93.0 Å². The molecule has 1 saturated heterocycles. The molecule has 2 aliphatic rings. The molecule has 2 fully saturated rings. The van der Waals surface area contributed by atoms with Gasteiger partial charge in [0.25, 0.3) is 0 Å². The van der Waals surface area contributed by atoms with Crippen LogP contribution >= 0.6 is 0 Å². The van der Waals surface area contributed by atoms with Crippen LogP contribution in [0, 0.1) is 11.3 Å². The molecule has 0 aromatic heterocycles. The van der Waals surface area contributed by atoms with E-state index in [0.29, 0.717) is 11.3 Å². The summed E-state index contributed by atoms with van der Waals surface area (Å²) in [6.45, 7) is 6.54. The Balaban J connectivity index is 1.79. The van der Waals surface area contributed by atoms with Crippen LogP contribution in [0.2, 0.25) is 0 Å². The van der Waals surface area contributed by atoms with E-state index in [1.165, 1.54) is 25.7 Å². The van der Waals surface area contributed by atoms with Crippen molar-refractivity contribution < 1.29 is 4.79 Å². The second kappa shape index (κ2) is 4.15. The number of amides is 1. The van der Waals surface area contributed by atoms with Gasteiger partial charge in [0.15, 0.2) is 0 Å². The summed E-state index contributed by atoms with van der Waals surface area (Å²) in [5, 5.41) is 0. The zero-order valence-corrected chi connectivity index (χ0v) is 10.1. The maximum Gasteiger partial charge on any atom is 0.222 e. The summed E-state index contributed by atoms with van der Waals surface area (Å²) in [4.78, 5) is 13.7. The van der Waals surface area contributed by atoms with E-state index < -0.39 is 0 Å². The maximum absolute atomic E-state index is 11.6. The molecule has 1 aliphatic carbocycles. The molecule has 1 saturated carbocycles. The van der Waals surface area contributed by atoms with E-state index in [4.69, 9.17) is 0 Å². The van der Waals surface area contributed by atoms with E-state index in [1.807, 2.05) is 0 Å². The average Bonchev–Trinajstić information content (AvgIpc) is 2.16. The van der Waals surface area contributed by atoms with Gasteiger partial charge in [0.2, 0.25) is 5.91 Å². The molecule has 1 spiro atoms. The molecule has 2 rings (SSSR count). The summed E-state index contributed by atoms with van der Waals surface area (Å²) in [6.07, 6.45) is 7.17. The van der Waals surface area contributed by atoms with E-state index in [1.54, 1.807) is 0 Å². The highest BCUT2D eigenvalue weighted by atomic mass is 16.2. The molecular formula is C13H23NO. The van der Waals surface area contributed by atoms with Crippen molar-refractivity contribution in [1.82, 2.24) is 4.90 Å². The first-order valence-electron chi connectivity index (χ1n) is 6.43. The Bertz CT molecular complexity index is 233. The molecule has 1 aliphatic heterocycles. The Morgan fingerprint density at radius 2 is 1.93 bits per heavy atom. The van der Waals surface area contributed by atoms with Crippen LogP contribution in [0.15, 0.2) is 0 Å². The van der Waals surface area contributed by atoms with Gasteiger partial charge in [0.05, 0.1) is 0 Å². The van der Waals surface area contributed by atoms with Crippen molar-refractivity contribution in [3.63, 3.8) is 0 Å². The summed E-state index contributed by atoms with van der Waals surface area (Å²) in [7, 11) is 0. The van der Waals surface area contributed by atoms with Gasteiger partial charge in [-0.05, 0) is 25.2 Å². The summed E-state index contributed by atoms with van der Waals surface area (Å²) in [5.41, 5.74) is 0.538. The van der Waals surface area contributed by atoms with Gasteiger partial charge in [-0.2, -0.15) is 0 Å². The second-order valence-corrected chi connectivity index (χ2v) is 5.68. The average molecular weight is 209 g/mol. The van der Waals surface area contributed by atoms with Crippen molar-refractivity contribution >= 4 is 5.91 Å². The third kappa shape index (κ3) is 2.19. The fourth-order valence-corrected chi connectivity index (χ4v) is 3.00. The number of carbonyl (C=O) groups is 1. The summed E-state index contributed by atoms with van der Waals surface area (Å²) >= 11 is 0. The summed E-state index contributed by atoms with van der Waals surface area (Å²) in [5.74, 6) is 1.29. The van der Waals surface area contributed by atoms with E-state index in [9.17, 15) is 4.79 Å². The minimum Gasteiger partial charge on any atom is -0.341 e. The van der Waals surface area contributed by atoms with Crippen molar-refractivity contribution in [3.8, 4) is 0 Å². The SMILES string of the molecule is CCCC(=O)N1CC2(CCC(C)CC2)C1. The molecule has 0 aromatic carbocycles. The fraction of sp³-hybridized carbons (Fsp3) is 0.923. The highest BCUT2D eigenvalue weighted by Crippen LogP contribution is 2.45. The van der Waals surface area contributed by atoms with Crippen molar-refractivity contribution in [2.24, 2.45) is 11.3 Å². The molecule has 0 atom stereocenters. The number of nitrogens with zero attached hydrogens (tertiary/aromatic N) is 1. The Kier molecular flexibility index (Phi) is 3.03. The highest BCUT2D eigenvalue weighted by Gasteiger charge is 2.45. The van der Waals surface area contributed by atoms with Gasteiger partial charge in [-0.1, -0.05) is 26.7 Å². The smallest absolute Gasteiger partial charge is 0.222 e. The van der Waals surface area contributed by atoms with Crippen molar-refractivity contribution in [2.45, 2.75) is 52.4 Å². The van der Waals surface area contributed by atoms with Gasteiger partial charge in [-0.15, -0.1) is 0 Å². The third-order valence-electron chi connectivity index (χ3n) is 4.20. The molecular weight excluding hydrogens is 186 g/mol. The summed E-state index contributed by atoms with van der Waals surface area (Å²) < 4.78 is 0. The zero-order valence-electron chi connectivity index (χ0n) is 10.1. The maximum atomic E-state index is 11.6. The van der Waals surface area contributed by atoms with Crippen LogP contribution in [0.5, 0.6) is 0 Å². The number of rotatable bonds is 2. The molecule has 2 heteroatoms. The monoisotopic (exact) mass is 209 g/mol. The highest BCUT2D eigenvalue weighted by molar-refractivity contribution is 5.77. The predicted molar refractivity (Wildman–Crippen MR) is 61.6 cm³/mol. The molecule has 0 unspecified atom stereocenters. The number of hydrogen-bond donors (Lipinski definition) is 0. The Morgan fingerprint density at radius 3 is 2.47 bits per heavy atom. The molecule has 0 bridgehead atoms. The van der Waals surface area contributed by atoms with E-state index in [0.717, 1.165) is 31.8 Å². The minimum absolute atomic E-state index is 0.377. The van der Waals surface area contributed by atoms with E-state index in [-0.39, 0.29) is 0 Å². The fourth-order valence-electron chi connectivity index (χ4n) is 3.00. The van der Waals surface area contributed by atoms with Crippen LogP contribution in [0.25, 0.3) is 0 Å². The first-order valence-corrected chi connectivity index (χ1v) is 6.43. The normalized spacial score (nSPS) is 25.3. The van der Waals surface area contributed by atoms with Crippen LogP contribution < -0.4 is 0 Å². The number of hydrogen-bond acceptors (Lipinski definition) is 1. The molecule has 2 nitrogen and oxygen atoms in total. The van der Waals surface area contributed by atoms with Crippen LogP contribution in [-0.2, 0) is 4.79 Å². The Morgan fingerprint density at radius 1 is 1.33 bits per heavy atom. The van der Waals surface area contributed by atoms with Gasteiger partial charge < -0.3 is 4.90 Å². The lowest BCUT2D eigenvalue weighted by Crippen LogP contribution is -2.59. The lowest BCUT2D eigenvalue weighted by molar-refractivity contribution is -0.146. The number of likely N-dealkylation sites (tertiary alicyclic amines) is 1. The molecule has 15 heavy (non-hydrogen) atoms. The molecule has 0 N–H and O–H groups in total. The molecule has 1 amide bonds. The van der Waals surface area contributed by atoms with Gasteiger partial charge in [0.1, 0.15) is 0 Å². The predicted octanol–water partition coefficient (Wildman–Crippen LogP) is 2.83. The Hall–Kier alpha value is -0.530. The standard InChI is InChI=1S/C13H23NO/c1-3-4-12(15)14-9-13(10-14)7-5-11(2)6-8-13/h11H,3-10H2,1-2H3. The molecule has 0 radical (unpaired) electrons. The van der Waals surface area contributed by atoms with Gasteiger partial charge in [-0.25, -0.2) is 0 Å². The third-order valence-corrected chi connectivity index (χ3v) is 4.20. The second-order valence-electron chi connectivity index (χ2n) is 5.68. The minimum atomic E-state index is 0.377. The van der Waals surface area contributed by atoms with Gasteiger partial charge in [-0.3, -0.25) is 4.79 Å². The summed E-state index contributed by atoms with van der Waals surface area (Å²) in [6, 6.07) is 0. The lowest BCUT2D eigenvalue weighted by Gasteiger charge is -2.53. The van der Waals surface area contributed by atoms with Crippen LogP contribution in [-0.4, -0.2) is 23.9 Å². The molecule has 1 heterocycles. The van der Waals surface area contributed by atoms with Crippen molar-refractivity contribution in [3.05, 3.63) is 0 Å². The van der Waals surface area contributed by atoms with Crippen molar-refractivity contribution in [1.29, 1.82) is 0 Å². The first kappa shape index (κ1) is 11.0. The number of carbonyl (C=O) groups excluding carboxylic acids is 1. The lowest BCUT2D eigenvalue weighted by atomic mass is 9.66. The van der Waals surface area contributed by atoms with Crippen LogP contribution in [0.1, 0.15) is 52.4 Å². The van der Waals surface area contributed by atoms with Crippen LogP contribution in [0.3, 0.4) is 0 Å². The first-order chi connectivity index (χ1) is 7.15. The van der Waals surface area contributed by atoms with E-state index in [2.05, 4.69) is 18.7 Å². The quantitative estimate of drug-likeness (QED) is 0.685. The van der Waals surface area contributed by atoms with Crippen molar-refractivity contribution in [2.75, 3.05) is 13.1 Å². The topological polar surface area (TPSA) is 20.3 Å².